The molecule has 0 saturated carbocycles. The molecule has 0 unspecified atom stereocenters. The summed E-state index contributed by atoms with van der Waals surface area (Å²) in [7, 11) is 0. The lowest BCUT2D eigenvalue weighted by Gasteiger charge is -2.32. The second-order valence-corrected chi connectivity index (χ2v) is 5.13. The largest absolute Gasteiger partial charge is 0.371 e. The number of hydrogen-bond donors (Lipinski definition) is 1. The molecule has 1 rings (SSSR count). The first-order chi connectivity index (χ1) is 7.48. The van der Waals surface area contributed by atoms with Crippen LogP contribution in [0.3, 0.4) is 0 Å². The van der Waals surface area contributed by atoms with Gasteiger partial charge in [-0.2, -0.15) is 12.6 Å². The van der Waals surface area contributed by atoms with Gasteiger partial charge in [-0.15, -0.1) is 0 Å². The molecule has 0 aliphatic heterocycles. The van der Waals surface area contributed by atoms with Crippen molar-refractivity contribution in [2.75, 3.05) is 23.7 Å². The molecule has 0 amide bonds. The summed E-state index contributed by atoms with van der Waals surface area (Å²) in [5, 5.41) is 0. The molecule has 0 aliphatic rings. The van der Waals surface area contributed by atoms with E-state index in [1.54, 1.807) is 12.1 Å². The number of nitrogens with zero attached hydrogens (tertiary/aromatic N) is 1. The topological polar surface area (TPSA) is 3.24 Å². The van der Waals surface area contributed by atoms with Crippen LogP contribution < -0.4 is 4.90 Å². The van der Waals surface area contributed by atoms with Crippen molar-refractivity contribution in [3.05, 3.63) is 30.1 Å². The van der Waals surface area contributed by atoms with Crippen LogP contribution in [0.4, 0.5) is 10.1 Å². The number of benzene rings is 1. The summed E-state index contributed by atoms with van der Waals surface area (Å²) in [6.07, 6.45) is 0. The SMILES string of the molecule is CCN(CC(C)(C)CS)c1cccc(F)c1. The molecule has 0 fully saturated rings. The molecule has 0 saturated heterocycles. The third-order valence-electron chi connectivity index (χ3n) is 2.60. The zero-order valence-corrected chi connectivity index (χ0v) is 11.1. The predicted octanol–water partition coefficient (Wildman–Crippen LogP) is 3.61. The Kier molecular flexibility index (Phi) is 4.66. The van der Waals surface area contributed by atoms with Crippen LogP contribution in [0.5, 0.6) is 0 Å². The van der Waals surface area contributed by atoms with E-state index in [4.69, 9.17) is 0 Å². The van der Waals surface area contributed by atoms with E-state index < -0.39 is 0 Å². The smallest absolute Gasteiger partial charge is 0.125 e. The molecular formula is C13H20FNS. The molecule has 0 heterocycles. The van der Waals surface area contributed by atoms with Crippen molar-refractivity contribution in [1.29, 1.82) is 0 Å². The number of halogens is 1. The Balaban J connectivity index is 2.82. The van der Waals surface area contributed by atoms with Gasteiger partial charge in [0.05, 0.1) is 0 Å². The molecule has 16 heavy (non-hydrogen) atoms. The Hall–Kier alpha value is -0.700. The maximum Gasteiger partial charge on any atom is 0.125 e. The molecule has 0 spiro atoms. The van der Waals surface area contributed by atoms with Gasteiger partial charge in [0.25, 0.3) is 0 Å². The van der Waals surface area contributed by atoms with Crippen molar-refractivity contribution in [1.82, 2.24) is 0 Å². The van der Waals surface area contributed by atoms with Crippen LogP contribution in [0.25, 0.3) is 0 Å². The summed E-state index contributed by atoms with van der Waals surface area (Å²) in [6.45, 7) is 8.18. The van der Waals surface area contributed by atoms with Crippen LogP contribution in [-0.4, -0.2) is 18.8 Å². The highest BCUT2D eigenvalue weighted by molar-refractivity contribution is 7.80. The molecule has 1 aromatic carbocycles. The van der Waals surface area contributed by atoms with Gasteiger partial charge in [0.2, 0.25) is 0 Å². The Bertz CT molecular complexity index is 338. The van der Waals surface area contributed by atoms with E-state index in [9.17, 15) is 4.39 Å². The first-order valence-electron chi connectivity index (χ1n) is 5.60. The lowest BCUT2D eigenvalue weighted by Crippen LogP contribution is -2.35. The molecule has 1 nitrogen and oxygen atoms in total. The summed E-state index contributed by atoms with van der Waals surface area (Å²) in [6, 6.07) is 6.75. The molecule has 0 aromatic heterocycles. The van der Waals surface area contributed by atoms with Crippen LogP contribution in [0.2, 0.25) is 0 Å². The number of thiol groups is 1. The number of rotatable bonds is 5. The molecule has 3 heteroatoms. The predicted molar refractivity (Wildman–Crippen MR) is 71.9 cm³/mol. The van der Waals surface area contributed by atoms with Crippen molar-refractivity contribution < 1.29 is 4.39 Å². The van der Waals surface area contributed by atoms with Gasteiger partial charge in [-0.3, -0.25) is 0 Å². The average Bonchev–Trinajstić information content (AvgIpc) is 2.26. The van der Waals surface area contributed by atoms with E-state index >= 15 is 0 Å². The highest BCUT2D eigenvalue weighted by Crippen LogP contribution is 2.23. The zero-order chi connectivity index (χ0) is 12.2. The van der Waals surface area contributed by atoms with Gasteiger partial charge in [-0.25, -0.2) is 4.39 Å². The third-order valence-corrected chi connectivity index (χ3v) is 3.46. The molecular weight excluding hydrogens is 221 g/mol. The number of anilines is 1. The van der Waals surface area contributed by atoms with Crippen molar-refractivity contribution >= 4 is 18.3 Å². The van der Waals surface area contributed by atoms with Crippen molar-refractivity contribution in [3.63, 3.8) is 0 Å². The van der Waals surface area contributed by atoms with Crippen LogP contribution in [0, 0.1) is 11.2 Å². The van der Waals surface area contributed by atoms with Gasteiger partial charge in [0, 0.05) is 18.8 Å². The monoisotopic (exact) mass is 241 g/mol. The zero-order valence-electron chi connectivity index (χ0n) is 10.2. The lowest BCUT2D eigenvalue weighted by atomic mass is 9.95. The summed E-state index contributed by atoms with van der Waals surface area (Å²) in [4.78, 5) is 2.18. The molecule has 0 aliphatic carbocycles. The minimum atomic E-state index is -0.181. The van der Waals surface area contributed by atoms with Gasteiger partial charge in [0.15, 0.2) is 0 Å². The van der Waals surface area contributed by atoms with Gasteiger partial charge in [-0.05, 0) is 36.3 Å². The molecule has 1 aromatic rings. The second kappa shape index (κ2) is 5.58. The fraction of sp³-hybridized carbons (Fsp3) is 0.538. The normalized spacial score (nSPS) is 11.6. The molecule has 0 N–H and O–H groups in total. The van der Waals surface area contributed by atoms with E-state index in [0.717, 1.165) is 24.5 Å². The Labute approximate surface area is 103 Å². The van der Waals surface area contributed by atoms with Crippen molar-refractivity contribution in [2.24, 2.45) is 5.41 Å². The van der Waals surface area contributed by atoms with Crippen molar-refractivity contribution in [3.8, 4) is 0 Å². The summed E-state index contributed by atoms with van der Waals surface area (Å²) in [5.41, 5.74) is 1.07. The molecule has 0 radical (unpaired) electrons. The quantitative estimate of drug-likeness (QED) is 0.771. The van der Waals surface area contributed by atoms with Crippen LogP contribution in [-0.2, 0) is 0 Å². The molecule has 0 bridgehead atoms. The van der Waals surface area contributed by atoms with Gasteiger partial charge >= 0.3 is 0 Å². The summed E-state index contributed by atoms with van der Waals surface area (Å²) >= 11 is 4.35. The van der Waals surface area contributed by atoms with E-state index in [-0.39, 0.29) is 11.2 Å². The van der Waals surface area contributed by atoms with Gasteiger partial charge < -0.3 is 4.90 Å². The van der Waals surface area contributed by atoms with E-state index in [2.05, 4.69) is 38.3 Å². The van der Waals surface area contributed by atoms with Crippen LogP contribution in [0.1, 0.15) is 20.8 Å². The van der Waals surface area contributed by atoms with Gasteiger partial charge in [0.1, 0.15) is 5.82 Å². The Morgan fingerprint density at radius 1 is 1.38 bits per heavy atom. The summed E-state index contributed by atoms with van der Waals surface area (Å²) < 4.78 is 13.1. The standard InChI is InChI=1S/C13H20FNS/c1-4-15(9-13(2,3)10-16)12-7-5-6-11(14)8-12/h5-8,16H,4,9-10H2,1-3H3. The maximum atomic E-state index is 13.1. The number of hydrogen-bond acceptors (Lipinski definition) is 2. The summed E-state index contributed by atoms with van der Waals surface area (Å²) in [5.74, 6) is 0.637. The van der Waals surface area contributed by atoms with E-state index in [1.165, 1.54) is 6.07 Å². The van der Waals surface area contributed by atoms with E-state index in [0.29, 0.717) is 0 Å². The minimum absolute atomic E-state index is 0.130. The first-order valence-corrected chi connectivity index (χ1v) is 6.23. The Morgan fingerprint density at radius 3 is 2.56 bits per heavy atom. The molecule has 90 valence electrons. The maximum absolute atomic E-state index is 13.1. The Morgan fingerprint density at radius 2 is 2.06 bits per heavy atom. The van der Waals surface area contributed by atoms with Crippen LogP contribution in [0.15, 0.2) is 24.3 Å². The van der Waals surface area contributed by atoms with Crippen molar-refractivity contribution in [2.45, 2.75) is 20.8 Å². The highest BCUT2D eigenvalue weighted by Gasteiger charge is 2.19. The first kappa shape index (κ1) is 13.4. The highest BCUT2D eigenvalue weighted by atomic mass is 32.1. The minimum Gasteiger partial charge on any atom is -0.371 e. The fourth-order valence-corrected chi connectivity index (χ4v) is 1.73. The second-order valence-electron chi connectivity index (χ2n) is 4.82. The fourth-order valence-electron chi connectivity index (χ4n) is 1.63. The third kappa shape index (κ3) is 3.71. The lowest BCUT2D eigenvalue weighted by molar-refractivity contribution is 0.423. The van der Waals surface area contributed by atoms with Gasteiger partial charge in [-0.1, -0.05) is 19.9 Å². The van der Waals surface area contributed by atoms with E-state index in [1.807, 2.05) is 6.07 Å². The molecule has 0 atom stereocenters. The average molecular weight is 241 g/mol. The van der Waals surface area contributed by atoms with Crippen LogP contribution >= 0.6 is 12.6 Å².